The van der Waals surface area contributed by atoms with Crippen molar-refractivity contribution in [3.05, 3.63) is 29.3 Å². The molecule has 0 bridgehead atoms. The van der Waals surface area contributed by atoms with Gasteiger partial charge in [-0.25, -0.2) is 0 Å². The first kappa shape index (κ1) is 27.3. The Labute approximate surface area is 211 Å². The van der Waals surface area contributed by atoms with Crippen LogP contribution in [0.3, 0.4) is 0 Å². The summed E-state index contributed by atoms with van der Waals surface area (Å²) in [6, 6.07) is 4.37. The Kier molecular flexibility index (Phi) is 9.19. The molecule has 1 aromatic rings. The Morgan fingerprint density at radius 3 is 2.61 bits per heavy atom. The van der Waals surface area contributed by atoms with Crippen LogP contribution in [0.4, 0.5) is 0 Å². The van der Waals surface area contributed by atoms with Gasteiger partial charge in [-0.3, -0.25) is 29.3 Å². The SMILES string of the molecule is CC(C)(C)OCC(=O)NCCCCCC(=O)COc1cccc2c1CN(C1CCC(=O)NC1=O)C2=O. The lowest BCUT2D eigenvalue weighted by Gasteiger charge is -2.29. The number of fused-ring (bicyclic) bond motifs is 1. The standard InChI is InChI=1S/C26H35N3O7/c1-26(2,3)36-16-23(32)27-13-6-4-5-8-17(30)15-35-21-10-7-9-18-19(21)14-29(25(18)34)20-11-12-22(31)28-24(20)33/h7,9-10,20H,4-6,8,11-16H2,1-3H3,(H,27,32)(H,28,31,33). The number of nitrogens with zero attached hydrogens (tertiary/aromatic N) is 1. The van der Waals surface area contributed by atoms with Crippen molar-refractivity contribution in [3.63, 3.8) is 0 Å². The van der Waals surface area contributed by atoms with Crippen molar-refractivity contribution in [2.45, 2.75) is 77.5 Å². The van der Waals surface area contributed by atoms with Crippen molar-refractivity contribution in [2.75, 3.05) is 19.8 Å². The van der Waals surface area contributed by atoms with Crippen molar-refractivity contribution in [1.29, 1.82) is 0 Å². The summed E-state index contributed by atoms with van der Waals surface area (Å²) in [5.41, 5.74) is 0.730. The summed E-state index contributed by atoms with van der Waals surface area (Å²) in [6.07, 6.45) is 3.07. The van der Waals surface area contributed by atoms with Crippen molar-refractivity contribution < 1.29 is 33.4 Å². The minimum Gasteiger partial charge on any atom is -0.485 e. The van der Waals surface area contributed by atoms with Crippen molar-refractivity contribution in [2.24, 2.45) is 0 Å². The van der Waals surface area contributed by atoms with E-state index < -0.39 is 11.9 Å². The second kappa shape index (κ2) is 12.1. The summed E-state index contributed by atoms with van der Waals surface area (Å²) < 4.78 is 11.2. The molecular weight excluding hydrogens is 466 g/mol. The second-order valence-corrected chi connectivity index (χ2v) is 10.1. The normalized spacial score (nSPS) is 17.6. The number of unbranched alkanes of at least 4 members (excludes halogenated alkanes) is 2. The molecule has 1 saturated heterocycles. The van der Waals surface area contributed by atoms with E-state index in [9.17, 15) is 24.0 Å². The highest BCUT2D eigenvalue weighted by atomic mass is 16.5. The monoisotopic (exact) mass is 501 g/mol. The van der Waals surface area contributed by atoms with Gasteiger partial charge in [0.15, 0.2) is 5.78 Å². The number of hydrogen-bond donors (Lipinski definition) is 2. The molecule has 1 unspecified atom stereocenters. The highest BCUT2D eigenvalue weighted by molar-refractivity contribution is 6.05. The van der Waals surface area contributed by atoms with Gasteiger partial charge < -0.3 is 19.7 Å². The van der Waals surface area contributed by atoms with E-state index in [4.69, 9.17) is 9.47 Å². The number of Topliss-reactive ketones (excluding diaryl/α,β-unsaturated/α-hetero) is 1. The molecule has 2 aliphatic rings. The Morgan fingerprint density at radius 1 is 1.11 bits per heavy atom. The maximum Gasteiger partial charge on any atom is 0.255 e. The lowest BCUT2D eigenvalue weighted by molar-refractivity contribution is -0.137. The summed E-state index contributed by atoms with van der Waals surface area (Å²) in [6.45, 7) is 6.32. The molecule has 196 valence electrons. The summed E-state index contributed by atoms with van der Waals surface area (Å²) in [7, 11) is 0. The molecule has 0 radical (unpaired) electrons. The van der Waals surface area contributed by atoms with E-state index in [0.29, 0.717) is 36.3 Å². The molecule has 0 spiro atoms. The van der Waals surface area contributed by atoms with Gasteiger partial charge >= 0.3 is 0 Å². The lowest BCUT2D eigenvalue weighted by Crippen LogP contribution is -2.52. The van der Waals surface area contributed by atoms with Crippen LogP contribution in [0.1, 0.15) is 75.2 Å². The number of nitrogens with one attached hydrogen (secondary N) is 2. The second-order valence-electron chi connectivity index (χ2n) is 10.1. The predicted octanol–water partition coefficient (Wildman–Crippen LogP) is 1.89. The van der Waals surface area contributed by atoms with Crippen LogP contribution in [0.5, 0.6) is 5.75 Å². The largest absolute Gasteiger partial charge is 0.485 e. The zero-order chi connectivity index (χ0) is 26.3. The molecule has 3 rings (SSSR count). The Bertz CT molecular complexity index is 1020. The molecule has 36 heavy (non-hydrogen) atoms. The van der Waals surface area contributed by atoms with Gasteiger partial charge in [0, 0.05) is 30.5 Å². The zero-order valence-corrected chi connectivity index (χ0v) is 21.2. The third kappa shape index (κ3) is 7.61. The molecule has 4 amide bonds. The zero-order valence-electron chi connectivity index (χ0n) is 21.2. The third-order valence-electron chi connectivity index (χ3n) is 6.02. The van der Waals surface area contributed by atoms with Gasteiger partial charge in [0.05, 0.1) is 12.1 Å². The fourth-order valence-corrected chi connectivity index (χ4v) is 4.11. The molecule has 0 aliphatic carbocycles. The average molecular weight is 502 g/mol. The maximum absolute atomic E-state index is 12.9. The van der Waals surface area contributed by atoms with E-state index in [1.807, 2.05) is 20.8 Å². The fraction of sp³-hybridized carbons (Fsp3) is 0.577. The van der Waals surface area contributed by atoms with Crippen LogP contribution in [-0.4, -0.2) is 65.7 Å². The molecular formula is C26H35N3O7. The van der Waals surface area contributed by atoms with Gasteiger partial charge in [-0.15, -0.1) is 0 Å². The van der Waals surface area contributed by atoms with E-state index in [-0.39, 0.29) is 61.7 Å². The molecule has 1 fully saturated rings. The maximum atomic E-state index is 12.9. The van der Waals surface area contributed by atoms with Gasteiger partial charge in [0.25, 0.3) is 5.91 Å². The summed E-state index contributed by atoms with van der Waals surface area (Å²) in [5.74, 6) is -0.847. The molecule has 1 aromatic carbocycles. The van der Waals surface area contributed by atoms with E-state index >= 15 is 0 Å². The number of benzene rings is 1. The van der Waals surface area contributed by atoms with Gasteiger partial charge in [0.1, 0.15) is 25.0 Å². The number of carbonyl (C=O) groups excluding carboxylic acids is 5. The van der Waals surface area contributed by atoms with Crippen LogP contribution in [0, 0.1) is 0 Å². The number of carbonyl (C=O) groups is 5. The van der Waals surface area contributed by atoms with Gasteiger partial charge in [-0.2, -0.15) is 0 Å². The van der Waals surface area contributed by atoms with Gasteiger partial charge in [-0.05, 0) is 52.2 Å². The summed E-state index contributed by atoms with van der Waals surface area (Å²) in [4.78, 5) is 62.0. The molecule has 2 aliphatic heterocycles. The van der Waals surface area contributed by atoms with Crippen LogP contribution in [0.2, 0.25) is 0 Å². The molecule has 2 heterocycles. The Balaban J connectivity index is 1.38. The van der Waals surface area contributed by atoms with Crippen molar-refractivity contribution in [1.82, 2.24) is 15.5 Å². The van der Waals surface area contributed by atoms with Crippen LogP contribution in [-0.2, 0) is 30.5 Å². The van der Waals surface area contributed by atoms with Crippen LogP contribution in [0.15, 0.2) is 18.2 Å². The molecule has 0 aromatic heterocycles. The van der Waals surface area contributed by atoms with E-state index in [1.165, 1.54) is 4.90 Å². The molecule has 1 atom stereocenters. The number of amides is 4. The lowest BCUT2D eigenvalue weighted by atomic mass is 10.0. The first-order valence-corrected chi connectivity index (χ1v) is 12.4. The van der Waals surface area contributed by atoms with E-state index in [0.717, 1.165) is 12.8 Å². The molecule has 10 nitrogen and oxygen atoms in total. The van der Waals surface area contributed by atoms with E-state index in [2.05, 4.69) is 10.6 Å². The number of imide groups is 1. The molecule has 0 saturated carbocycles. The Morgan fingerprint density at radius 2 is 1.89 bits per heavy atom. The Hall–Kier alpha value is -3.27. The van der Waals surface area contributed by atoms with Crippen molar-refractivity contribution in [3.8, 4) is 5.75 Å². The quantitative estimate of drug-likeness (QED) is 0.330. The number of ketones is 1. The first-order chi connectivity index (χ1) is 17.0. The highest BCUT2D eigenvalue weighted by Crippen LogP contribution is 2.33. The number of ether oxygens (including phenoxy) is 2. The average Bonchev–Trinajstić information content (AvgIpc) is 3.15. The fourth-order valence-electron chi connectivity index (χ4n) is 4.11. The highest BCUT2D eigenvalue weighted by Gasteiger charge is 2.40. The number of rotatable bonds is 12. The number of hydrogen-bond acceptors (Lipinski definition) is 7. The molecule has 2 N–H and O–H groups in total. The van der Waals surface area contributed by atoms with Crippen molar-refractivity contribution >= 4 is 29.4 Å². The predicted molar refractivity (Wildman–Crippen MR) is 130 cm³/mol. The van der Waals surface area contributed by atoms with Crippen LogP contribution < -0.4 is 15.4 Å². The van der Waals surface area contributed by atoms with E-state index in [1.54, 1.807) is 18.2 Å². The van der Waals surface area contributed by atoms with Crippen LogP contribution in [0.25, 0.3) is 0 Å². The molecule has 10 heteroatoms. The summed E-state index contributed by atoms with van der Waals surface area (Å²) >= 11 is 0. The minimum atomic E-state index is -0.701. The third-order valence-corrected chi connectivity index (χ3v) is 6.02. The van der Waals surface area contributed by atoms with Gasteiger partial charge in [0.2, 0.25) is 17.7 Å². The first-order valence-electron chi connectivity index (χ1n) is 12.4. The summed E-state index contributed by atoms with van der Waals surface area (Å²) in [5, 5.41) is 5.09. The number of piperidine rings is 1. The smallest absolute Gasteiger partial charge is 0.255 e. The minimum absolute atomic E-state index is 0.0272. The van der Waals surface area contributed by atoms with Gasteiger partial charge in [-0.1, -0.05) is 12.5 Å². The van der Waals surface area contributed by atoms with Crippen LogP contribution >= 0.6 is 0 Å². The topological polar surface area (TPSA) is 131 Å².